The van der Waals surface area contributed by atoms with Crippen LogP contribution in [0.1, 0.15) is 31.9 Å². The number of nitrogens with zero attached hydrogens (tertiary/aromatic N) is 2. The van der Waals surface area contributed by atoms with Crippen molar-refractivity contribution in [3.05, 3.63) is 63.7 Å². The molecule has 0 amide bonds. The van der Waals surface area contributed by atoms with Crippen molar-refractivity contribution in [2.24, 2.45) is 0 Å². The minimum absolute atomic E-state index is 0. The third kappa shape index (κ3) is 2.80. The van der Waals surface area contributed by atoms with Gasteiger partial charge in [-0.2, -0.15) is 0 Å². The number of nitro groups is 1. The van der Waals surface area contributed by atoms with Gasteiger partial charge in [0.15, 0.2) is 0 Å². The minimum atomic E-state index is -0.436. The van der Waals surface area contributed by atoms with E-state index in [2.05, 4.69) is 37.8 Å². The number of benzene rings is 2. The number of fused-ring (bicyclic) bond motifs is 1. The maximum absolute atomic E-state index is 11.0. The minimum Gasteiger partial charge on any atom is -0.508 e. The Morgan fingerprint density at radius 2 is 1.92 bits per heavy atom. The lowest BCUT2D eigenvalue weighted by Crippen LogP contribution is -2.38. The standard InChI is InChI=1S/C18H20N2O3.ClH/c1-12-18(2,3)15-6-4-5-7-16(15)19(12)11-13-10-14(20(22)23)8-9-17(13)21;/h4-10,12,21H,11H2,1-3H3;1H. The number of rotatable bonds is 3. The fourth-order valence-corrected chi connectivity index (χ4v) is 3.31. The van der Waals surface area contributed by atoms with E-state index in [1.54, 1.807) is 0 Å². The van der Waals surface area contributed by atoms with E-state index in [0.29, 0.717) is 12.1 Å². The molecule has 0 fully saturated rings. The van der Waals surface area contributed by atoms with Gasteiger partial charge in [0.1, 0.15) is 5.75 Å². The third-order valence-corrected chi connectivity index (χ3v) is 5.03. The lowest BCUT2D eigenvalue weighted by molar-refractivity contribution is -0.384. The molecule has 0 radical (unpaired) electrons. The van der Waals surface area contributed by atoms with Crippen LogP contribution in [-0.4, -0.2) is 16.1 Å². The van der Waals surface area contributed by atoms with Crippen LogP contribution in [-0.2, 0) is 12.0 Å². The first-order valence-corrected chi connectivity index (χ1v) is 7.65. The molecule has 128 valence electrons. The first-order valence-electron chi connectivity index (χ1n) is 7.65. The predicted molar refractivity (Wildman–Crippen MR) is 97.1 cm³/mol. The number of halogens is 1. The molecule has 24 heavy (non-hydrogen) atoms. The lowest BCUT2D eigenvalue weighted by Gasteiger charge is -2.31. The SMILES string of the molecule is CC1N(Cc2cc([N+](=O)[O-])ccc2O)c2ccccc2C1(C)C.Cl. The van der Waals surface area contributed by atoms with Crippen molar-refractivity contribution in [3.63, 3.8) is 0 Å². The second kappa shape index (κ2) is 6.32. The fraction of sp³-hybridized carbons (Fsp3) is 0.333. The first kappa shape index (κ1) is 18.1. The number of nitro benzene ring substituents is 1. The number of hydrogen-bond acceptors (Lipinski definition) is 4. The Labute approximate surface area is 147 Å². The summed E-state index contributed by atoms with van der Waals surface area (Å²) in [5.41, 5.74) is 2.93. The number of aromatic hydroxyl groups is 1. The second-order valence-electron chi connectivity index (χ2n) is 6.61. The van der Waals surface area contributed by atoms with Gasteiger partial charge in [0.05, 0.1) is 4.92 Å². The smallest absolute Gasteiger partial charge is 0.270 e. The molecule has 3 rings (SSSR count). The number of para-hydroxylation sites is 1. The Bertz CT molecular complexity index is 777. The summed E-state index contributed by atoms with van der Waals surface area (Å²) in [6.07, 6.45) is 0. The van der Waals surface area contributed by atoms with Gasteiger partial charge in [-0.25, -0.2) is 0 Å². The molecule has 1 aliphatic heterocycles. The van der Waals surface area contributed by atoms with Gasteiger partial charge in [0.2, 0.25) is 0 Å². The Balaban J connectivity index is 0.00000208. The van der Waals surface area contributed by atoms with E-state index < -0.39 is 4.92 Å². The summed E-state index contributed by atoms with van der Waals surface area (Å²) in [6, 6.07) is 12.6. The summed E-state index contributed by atoms with van der Waals surface area (Å²) < 4.78 is 0. The van der Waals surface area contributed by atoms with Gasteiger partial charge in [-0.15, -0.1) is 12.4 Å². The largest absolute Gasteiger partial charge is 0.508 e. The van der Waals surface area contributed by atoms with Crippen LogP contribution in [0, 0.1) is 10.1 Å². The predicted octanol–water partition coefficient (Wildman–Crippen LogP) is 4.41. The topological polar surface area (TPSA) is 66.6 Å². The van der Waals surface area contributed by atoms with Gasteiger partial charge in [-0.05, 0) is 24.6 Å². The Hall–Kier alpha value is -2.27. The van der Waals surface area contributed by atoms with Gasteiger partial charge in [0, 0.05) is 41.4 Å². The Morgan fingerprint density at radius 3 is 2.58 bits per heavy atom. The zero-order valence-corrected chi connectivity index (χ0v) is 14.7. The number of hydrogen-bond donors (Lipinski definition) is 1. The van der Waals surface area contributed by atoms with Crippen LogP contribution in [0.2, 0.25) is 0 Å². The Morgan fingerprint density at radius 1 is 1.25 bits per heavy atom. The molecule has 1 atom stereocenters. The van der Waals surface area contributed by atoms with E-state index in [-0.39, 0.29) is 35.3 Å². The third-order valence-electron chi connectivity index (χ3n) is 5.03. The molecule has 0 spiro atoms. The van der Waals surface area contributed by atoms with Crippen LogP contribution >= 0.6 is 12.4 Å². The quantitative estimate of drug-likeness (QED) is 0.659. The molecule has 5 nitrogen and oxygen atoms in total. The van der Waals surface area contributed by atoms with Crippen molar-refractivity contribution < 1.29 is 10.0 Å². The maximum atomic E-state index is 11.0. The van der Waals surface area contributed by atoms with Gasteiger partial charge >= 0.3 is 0 Å². The van der Waals surface area contributed by atoms with Gasteiger partial charge in [0.25, 0.3) is 5.69 Å². The lowest BCUT2D eigenvalue weighted by atomic mass is 9.81. The zero-order valence-electron chi connectivity index (χ0n) is 13.9. The molecule has 1 aliphatic rings. The molecular formula is C18H21ClN2O3. The highest BCUT2D eigenvalue weighted by molar-refractivity contribution is 5.85. The average Bonchev–Trinajstić information content (AvgIpc) is 2.70. The van der Waals surface area contributed by atoms with Crippen molar-refractivity contribution in [1.29, 1.82) is 0 Å². The van der Waals surface area contributed by atoms with Crippen molar-refractivity contribution in [3.8, 4) is 5.75 Å². The first-order chi connectivity index (χ1) is 10.8. The van der Waals surface area contributed by atoms with Crippen molar-refractivity contribution in [1.82, 2.24) is 0 Å². The van der Waals surface area contributed by atoms with E-state index in [4.69, 9.17) is 0 Å². The number of phenolic OH excluding ortho intramolecular Hbond substituents is 1. The molecule has 1 heterocycles. The number of anilines is 1. The molecule has 2 aromatic rings. The van der Waals surface area contributed by atoms with Crippen LogP contribution in [0.4, 0.5) is 11.4 Å². The fourth-order valence-electron chi connectivity index (χ4n) is 3.31. The molecule has 0 aliphatic carbocycles. The molecule has 0 bridgehead atoms. The highest BCUT2D eigenvalue weighted by atomic mass is 35.5. The summed E-state index contributed by atoms with van der Waals surface area (Å²) in [5, 5.41) is 21.1. The summed E-state index contributed by atoms with van der Waals surface area (Å²) in [6.45, 7) is 6.98. The maximum Gasteiger partial charge on any atom is 0.270 e. The average molecular weight is 349 g/mol. The van der Waals surface area contributed by atoms with E-state index >= 15 is 0 Å². The molecule has 0 aromatic heterocycles. The summed E-state index contributed by atoms with van der Waals surface area (Å²) in [4.78, 5) is 12.7. The number of phenols is 1. The molecule has 1 N–H and O–H groups in total. The van der Waals surface area contributed by atoms with Crippen LogP contribution in [0.15, 0.2) is 42.5 Å². The van der Waals surface area contributed by atoms with Crippen LogP contribution in [0.5, 0.6) is 5.75 Å². The molecule has 6 heteroatoms. The van der Waals surface area contributed by atoms with Crippen LogP contribution in [0.3, 0.4) is 0 Å². The van der Waals surface area contributed by atoms with E-state index in [0.717, 1.165) is 5.69 Å². The van der Waals surface area contributed by atoms with Gasteiger partial charge < -0.3 is 10.0 Å². The highest BCUT2D eigenvalue weighted by Gasteiger charge is 2.41. The molecule has 0 saturated carbocycles. The van der Waals surface area contributed by atoms with Gasteiger partial charge in [-0.3, -0.25) is 10.1 Å². The van der Waals surface area contributed by atoms with Crippen molar-refractivity contribution in [2.75, 3.05) is 4.90 Å². The van der Waals surface area contributed by atoms with Crippen molar-refractivity contribution in [2.45, 2.75) is 38.8 Å². The Kier molecular flexibility index (Phi) is 4.76. The normalized spacial score (nSPS) is 18.0. The number of non-ortho nitro benzene ring substituents is 1. The molecular weight excluding hydrogens is 328 g/mol. The highest BCUT2D eigenvalue weighted by Crippen LogP contribution is 2.45. The molecule has 1 unspecified atom stereocenters. The molecule has 0 saturated heterocycles. The van der Waals surface area contributed by atoms with E-state index in [1.807, 2.05) is 12.1 Å². The van der Waals surface area contributed by atoms with Crippen molar-refractivity contribution >= 4 is 23.8 Å². The molecule has 2 aromatic carbocycles. The monoisotopic (exact) mass is 348 g/mol. The summed E-state index contributed by atoms with van der Waals surface area (Å²) in [5.74, 6) is 0.0880. The second-order valence-corrected chi connectivity index (χ2v) is 6.61. The zero-order chi connectivity index (χ0) is 16.8. The van der Waals surface area contributed by atoms with Crippen LogP contribution in [0.25, 0.3) is 0 Å². The van der Waals surface area contributed by atoms with E-state index in [1.165, 1.54) is 23.8 Å². The van der Waals surface area contributed by atoms with Crippen LogP contribution < -0.4 is 4.90 Å². The van der Waals surface area contributed by atoms with E-state index in [9.17, 15) is 15.2 Å². The summed E-state index contributed by atoms with van der Waals surface area (Å²) >= 11 is 0. The summed E-state index contributed by atoms with van der Waals surface area (Å²) in [7, 11) is 0. The van der Waals surface area contributed by atoms with Gasteiger partial charge in [-0.1, -0.05) is 32.0 Å².